The second-order valence-electron chi connectivity index (χ2n) is 4.58. The van der Waals surface area contributed by atoms with Crippen molar-refractivity contribution in [1.82, 2.24) is 4.90 Å². The summed E-state index contributed by atoms with van der Waals surface area (Å²) in [6.45, 7) is 0.981. The number of carboxylic acids is 1. The molecule has 1 saturated heterocycles. The summed E-state index contributed by atoms with van der Waals surface area (Å²) < 4.78 is 0. The smallest absolute Gasteiger partial charge is 0.308 e. The number of carbonyl (C=O) groups is 2. The largest absolute Gasteiger partial charge is 0.481 e. The summed E-state index contributed by atoms with van der Waals surface area (Å²) in [4.78, 5) is 24.3. The summed E-state index contributed by atoms with van der Waals surface area (Å²) in [6, 6.07) is 0. The van der Waals surface area contributed by atoms with Crippen LogP contribution in [0.25, 0.3) is 0 Å². The molecule has 0 aromatic heterocycles. The summed E-state index contributed by atoms with van der Waals surface area (Å²) in [5.74, 6) is -1.28. The van der Waals surface area contributed by atoms with Crippen molar-refractivity contribution in [2.24, 2.45) is 11.7 Å². The molecule has 3 N–H and O–H groups in total. The molecule has 1 aliphatic carbocycles. The number of carboxylic acid groups (broad SMARTS) is 1. The number of likely N-dealkylation sites (tertiary alicyclic amines) is 1. The molecule has 1 heterocycles. The fraction of sp³-hybridized carbons (Fsp3) is 0.800. The Morgan fingerprint density at radius 3 is 2.60 bits per heavy atom. The van der Waals surface area contributed by atoms with Gasteiger partial charge in [-0.1, -0.05) is 0 Å². The number of piperidine rings is 1. The lowest BCUT2D eigenvalue weighted by atomic mass is 9.97. The Morgan fingerprint density at radius 1 is 1.40 bits per heavy atom. The third kappa shape index (κ3) is 1.97. The molecule has 1 unspecified atom stereocenters. The Hall–Kier alpha value is -1.10. The number of hydrogen-bond donors (Lipinski definition) is 2. The molecular weight excluding hydrogens is 196 g/mol. The second-order valence-corrected chi connectivity index (χ2v) is 4.58. The third-order valence-electron chi connectivity index (χ3n) is 3.27. The van der Waals surface area contributed by atoms with Crippen molar-refractivity contribution >= 4 is 11.9 Å². The summed E-state index contributed by atoms with van der Waals surface area (Å²) in [5, 5.41) is 8.89. The monoisotopic (exact) mass is 212 g/mol. The zero-order valence-corrected chi connectivity index (χ0v) is 8.61. The van der Waals surface area contributed by atoms with Gasteiger partial charge in [-0.2, -0.15) is 0 Å². The van der Waals surface area contributed by atoms with Gasteiger partial charge in [0.1, 0.15) is 0 Å². The van der Waals surface area contributed by atoms with E-state index in [1.54, 1.807) is 4.90 Å². The number of carbonyl (C=O) groups excluding carboxylic acids is 1. The lowest BCUT2D eigenvalue weighted by Gasteiger charge is -2.32. The van der Waals surface area contributed by atoms with Gasteiger partial charge < -0.3 is 15.7 Å². The maximum Gasteiger partial charge on any atom is 0.308 e. The van der Waals surface area contributed by atoms with E-state index in [0.29, 0.717) is 19.5 Å². The van der Waals surface area contributed by atoms with Crippen LogP contribution in [0.15, 0.2) is 0 Å². The van der Waals surface area contributed by atoms with Crippen LogP contribution in [0.1, 0.15) is 25.7 Å². The second kappa shape index (κ2) is 3.48. The van der Waals surface area contributed by atoms with E-state index in [-0.39, 0.29) is 5.91 Å². The van der Waals surface area contributed by atoms with E-state index in [4.69, 9.17) is 10.8 Å². The minimum absolute atomic E-state index is 0.0616. The van der Waals surface area contributed by atoms with Crippen LogP contribution in [-0.2, 0) is 9.59 Å². The summed E-state index contributed by atoms with van der Waals surface area (Å²) in [6.07, 6.45) is 2.90. The Labute approximate surface area is 88.2 Å². The maximum atomic E-state index is 11.9. The predicted molar refractivity (Wildman–Crippen MR) is 53.1 cm³/mol. The summed E-state index contributed by atoms with van der Waals surface area (Å²) in [7, 11) is 0. The van der Waals surface area contributed by atoms with Crippen LogP contribution in [0.5, 0.6) is 0 Å². The average Bonchev–Trinajstić information content (AvgIpc) is 2.97. The molecule has 5 nitrogen and oxygen atoms in total. The van der Waals surface area contributed by atoms with E-state index in [1.807, 2.05) is 0 Å². The molecule has 2 rings (SSSR count). The molecule has 1 saturated carbocycles. The highest BCUT2D eigenvalue weighted by atomic mass is 16.4. The normalized spacial score (nSPS) is 28.6. The van der Waals surface area contributed by atoms with Crippen molar-refractivity contribution < 1.29 is 14.7 Å². The minimum atomic E-state index is -0.811. The van der Waals surface area contributed by atoms with Gasteiger partial charge in [0.25, 0.3) is 0 Å². The molecular formula is C10H16N2O3. The van der Waals surface area contributed by atoms with Crippen LogP contribution in [0.4, 0.5) is 0 Å². The highest BCUT2D eigenvalue weighted by Gasteiger charge is 2.48. The molecule has 1 atom stereocenters. The summed E-state index contributed by atoms with van der Waals surface area (Å²) in [5.41, 5.74) is 5.14. The molecule has 15 heavy (non-hydrogen) atoms. The molecule has 0 spiro atoms. The average molecular weight is 212 g/mol. The number of aliphatic carboxylic acids is 1. The molecule has 0 aromatic rings. The van der Waals surface area contributed by atoms with E-state index in [2.05, 4.69) is 0 Å². The molecule has 5 heteroatoms. The number of rotatable bonds is 2. The van der Waals surface area contributed by atoms with Crippen molar-refractivity contribution in [1.29, 1.82) is 0 Å². The molecule has 0 aromatic carbocycles. The van der Waals surface area contributed by atoms with Crippen molar-refractivity contribution in [2.75, 3.05) is 13.1 Å². The van der Waals surface area contributed by atoms with Crippen LogP contribution in [0, 0.1) is 5.92 Å². The standard InChI is InChI=1S/C10H16N2O3/c11-10(3-4-10)9(15)12-5-1-2-7(6-12)8(13)14/h7H,1-6,11H2,(H,13,14). The number of amides is 1. The van der Waals surface area contributed by atoms with Crippen LogP contribution < -0.4 is 5.73 Å². The van der Waals surface area contributed by atoms with Crippen molar-refractivity contribution in [2.45, 2.75) is 31.2 Å². The van der Waals surface area contributed by atoms with Gasteiger partial charge >= 0.3 is 5.97 Å². The number of nitrogens with zero attached hydrogens (tertiary/aromatic N) is 1. The zero-order chi connectivity index (χ0) is 11.1. The molecule has 84 valence electrons. The Bertz CT molecular complexity index is 299. The Balaban J connectivity index is 1.98. The van der Waals surface area contributed by atoms with Crippen LogP contribution in [-0.4, -0.2) is 40.5 Å². The lowest BCUT2D eigenvalue weighted by Crippen LogP contribution is -2.50. The van der Waals surface area contributed by atoms with Crippen LogP contribution in [0.2, 0.25) is 0 Å². The van der Waals surface area contributed by atoms with Gasteiger partial charge in [0, 0.05) is 13.1 Å². The number of hydrogen-bond acceptors (Lipinski definition) is 3. The highest BCUT2D eigenvalue weighted by molar-refractivity contribution is 5.89. The molecule has 2 aliphatic rings. The van der Waals surface area contributed by atoms with Crippen LogP contribution >= 0.6 is 0 Å². The van der Waals surface area contributed by atoms with Gasteiger partial charge in [-0.05, 0) is 25.7 Å². The van der Waals surface area contributed by atoms with Gasteiger partial charge in [0.05, 0.1) is 11.5 Å². The van der Waals surface area contributed by atoms with E-state index in [9.17, 15) is 9.59 Å². The minimum Gasteiger partial charge on any atom is -0.481 e. The van der Waals surface area contributed by atoms with E-state index in [1.165, 1.54) is 0 Å². The molecule has 0 bridgehead atoms. The first-order chi connectivity index (χ1) is 7.03. The van der Waals surface area contributed by atoms with Gasteiger partial charge in [-0.15, -0.1) is 0 Å². The van der Waals surface area contributed by atoms with E-state index < -0.39 is 17.4 Å². The Morgan fingerprint density at radius 2 is 2.07 bits per heavy atom. The zero-order valence-electron chi connectivity index (χ0n) is 8.61. The predicted octanol–water partition coefficient (Wildman–Crippen LogP) is -0.199. The molecule has 1 aliphatic heterocycles. The molecule has 2 fully saturated rings. The van der Waals surface area contributed by atoms with Crippen molar-refractivity contribution in [3.05, 3.63) is 0 Å². The fourth-order valence-corrected chi connectivity index (χ4v) is 2.03. The van der Waals surface area contributed by atoms with Gasteiger partial charge in [0.15, 0.2) is 0 Å². The molecule has 0 radical (unpaired) electrons. The number of nitrogens with two attached hydrogens (primary N) is 1. The summed E-state index contributed by atoms with van der Waals surface area (Å²) >= 11 is 0. The van der Waals surface area contributed by atoms with Gasteiger partial charge in [-0.3, -0.25) is 9.59 Å². The Kier molecular flexibility index (Phi) is 2.42. The SMILES string of the molecule is NC1(C(=O)N2CCCC(C(=O)O)C2)CC1. The van der Waals surface area contributed by atoms with Crippen molar-refractivity contribution in [3.8, 4) is 0 Å². The first-order valence-electron chi connectivity index (χ1n) is 5.34. The third-order valence-corrected chi connectivity index (χ3v) is 3.27. The maximum absolute atomic E-state index is 11.9. The van der Waals surface area contributed by atoms with Crippen LogP contribution in [0.3, 0.4) is 0 Å². The first-order valence-corrected chi connectivity index (χ1v) is 5.34. The first kappa shape index (κ1) is 10.4. The van der Waals surface area contributed by atoms with Gasteiger partial charge in [0.2, 0.25) is 5.91 Å². The quantitative estimate of drug-likeness (QED) is 0.664. The molecule has 1 amide bonds. The van der Waals surface area contributed by atoms with Gasteiger partial charge in [-0.25, -0.2) is 0 Å². The van der Waals surface area contributed by atoms with E-state index in [0.717, 1.165) is 19.3 Å². The van der Waals surface area contributed by atoms with Crippen molar-refractivity contribution in [3.63, 3.8) is 0 Å². The lowest BCUT2D eigenvalue weighted by molar-refractivity contribution is -0.146. The topological polar surface area (TPSA) is 83.6 Å². The highest BCUT2D eigenvalue weighted by Crippen LogP contribution is 2.35. The fourth-order valence-electron chi connectivity index (χ4n) is 2.03. The van der Waals surface area contributed by atoms with E-state index >= 15 is 0 Å².